The molecule has 29 nitrogen and oxygen atoms in total. The lowest BCUT2D eigenvalue weighted by Crippen LogP contribution is -2.69. The third kappa shape index (κ3) is 13.1. The van der Waals surface area contributed by atoms with Gasteiger partial charge in [-0.3, -0.25) is 4.79 Å². The minimum absolute atomic E-state index is 0.0112. The van der Waals surface area contributed by atoms with Crippen molar-refractivity contribution >= 4 is 5.91 Å². The minimum Gasteiger partial charge on any atom is -0.394 e. The van der Waals surface area contributed by atoms with Gasteiger partial charge in [0.15, 0.2) is 31.5 Å². The monoisotopic (exact) mass is 998 g/mol. The molecule has 5 rings (SSSR count). The van der Waals surface area contributed by atoms with Crippen LogP contribution in [0.25, 0.3) is 0 Å². The van der Waals surface area contributed by atoms with Crippen molar-refractivity contribution in [2.45, 2.75) is 173 Å². The van der Waals surface area contributed by atoms with E-state index >= 15 is 0 Å². The zero-order chi connectivity index (χ0) is 50.0. The summed E-state index contributed by atoms with van der Waals surface area (Å²) in [5.41, 5.74) is 5.48. The SMILES string of the molecule is CO[C@@H]1C(CO)O[C@H](OC2C(O)[C@@H](OCCNC(=O)CCCCN)OC(CO)[C@H]2OC)C(O)C1O[C@H]1OC(CO)[C@@H](O)C(O)C1O[C@H]1OC(CO)[C@@H](O)C(O)C1O[C@H]1OC(CO)[C@@H](O)C(O)C1O. The van der Waals surface area contributed by atoms with Gasteiger partial charge >= 0.3 is 0 Å². The molecule has 5 heterocycles. The third-order valence-corrected chi connectivity index (χ3v) is 12.4. The lowest BCUT2D eigenvalue weighted by Gasteiger charge is -2.50. The Bertz CT molecular complexity index is 1480. The van der Waals surface area contributed by atoms with Crippen molar-refractivity contribution in [1.82, 2.24) is 5.32 Å². The quantitative estimate of drug-likeness (QED) is 0.0423. The van der Waals surface area contributed by atoms with Crippen molar-refractivity contribution in [1.29, 1.82) is 0 Å². The molecule has 0 radical (unpaired) electrons. The molecule has 5 saturated heterocycles. The number of hydrogen-bond donors (Lipinski definition) is 16. The van der Waals surface area contributed by atoms with E-state index in [1.165, 1.54) is 7.11 Å². The van der Waals surface area contributed by atoms with Crippen molar-refractivity contribution in [3.63, 3.8) is 0 Å². The van der Waals surface area contributed by atoms with Gasteiger partial charge in [-0.1, -0.05) is 0 Å². The number of nitrogens with two attached hydrogens (primary N) is 1. The predicted molar refractivity (Wildman–Crippen MR) is 216 cm³/mol. The highest BCUT2D eigenvalue weighted by Crippen LogP contribution is 2.37. The van der Waals surface area contributed by atoms with E-state index in [2.05, 4.69) is 5.32 Å². The summed E-state index contributed by atoms with van der Waals surface area (Å²) >= 11 is 0. The van der Waals surface area contributed by atoms with E-state index in [9.17, 15) is 76.3 Å². The Hall–Kier alpha value is -1.61. The summed E-state index contributed by atoms with van der Waals surface area (Å²) in [5.74, 6) is -0.260. The molecular formula is C39H70N2O27. The van der Waals surface area contributed by atoms with Crippen molar-refractivity contribution in [3.8, 4) is 0 Å². The molecule has 0 aromatic carbocycles. The van der Waals surface area contributed by atoms with Crippen LogP contribution in [0.5, 0.6) is 0 Å². The lowest BCUT2D eigenvalue weighted by molar-refractivity contribution is -0.407. The maximum atomic E-state index is 12.2. The Kier molecular flexibility index (Phi) is 22.7. The Balaban J connectivity index is 1.39. The number of ether oxygens (including phenoxy) is 12. The smallest absolute Gasteiger partial charge is 0.220 e. The van der Waals surface area contributed by atoms with Crippen LogP contribution in [0.15, 0.2) is 0 Å². The summed E-state index contributed by atoms with van der Waals surface area (Å²) in [4.78, 5) is 12.2. The molecule has 5 aliphatic heterocycles. The van der Waals surface area contributed by atoms with E-state index in [-0.39, 0.29) is 25.5 Å². The number of aliphatic hydroxyl groups is 14. The molecule has 0 bridgehead atoms. The van der Waals surface area contributed by atoms with Crippen LogP contribution in [0.1, 0.15) is 19.3 Å². The Labute approximate surface area is 389 Å². The van der Waals surface area contributed by atoms with E-state index < -0.39 is 187 Å². The molecule has 0 saturated carbocycles. The van der Waals surface area contributed by atoms with Gasteiger partial charge in [0, 0.05) is 27.2 Å². The Morgan fingerprint density at radius 3 is 1.31 bits per heavy atom. The van der Waals surface area contributed by atoms with Gasteiger partial charge in [0.25, 0.3) is 0 Å². The van der Waals surface area contributed by atoms with Crippen LogP contribution in [-0.4, -0.2) is 298 Å². The fraction of sp³-hybridized carbons (Fsp3) is 0.974. The molecular weight excluding hydrogens is 928 g/mol. The van der Waals surface area contributed by atoms with E-state index in [1.807, 2.05) is 0 Å². The Morgan fingerprint density at radius 2 is 0.838 bits per heavy atom. The Morgan fingerprint density at radius 1 is 0.456 bits per heavy atom. The van der Waals surface area contributed by atoms with Crippen LogP contribution in [0.3, 0.4) is 0 Å². The molecule has 29 heteroatoms. The molecule has 398 valence electrons. The van der Waals surface area contributed by atoms with Crippen LogP contribution in [0.2, 0.25) is 0 Å². The second-order valence-corrected chi connectivity index (χ2v) is 16.8. The number of carbonyl (C=O) groups excluding carboxylic acids is 1. The molecule has 17 N–H and O–H groups in total. The minimum atomic E-state index is -2.10. The molecule has 15 unspecified atom stereocenters. The summed E-state index contributed by atoms with van der Waals surface area (Å²) < 4.78 is 69.4. The van der Waals surface area contributed by atoms with Crippen LogP contribution in [-0.2, 0) is 61.6 Å². The largest absolute Gasteiger partial charge is 0.394 e. The maximum Gasteiger partial charge on any atom is 0.220 e. The average molecular weight is 999 g/mol. The normalized spacial score (nSPS) is 45.8. The second-order valence-electron chi connectivity index (χ2n) is 16.8. The first-order valence-corrected chi connectivity index (χ1v) is 22.2. The first-order chi connectivity index (χ1) is 32.5. The molecule has 0 aliphatic carbocycles. The highest BCUT2D eigenvalue weighted by atomic mass is 16.8. The van der Waals surface area contributed by atoms with Gasteiger partial charge in [0.1, 0.15) is 122 Å². The fourth-order valence-electron chi connectivity index (χ4n) is 8.52. The van der Waals surface area contributed by atoms with Crippen molar-refractivity contribution in [2.75, 3.05) is 67.0 Å². The zero-order valence-electron chi connectivity index (χ0n) is 37.4. The van der Waals surface area contributed by atoms with E-state index in [4.69, 9.17) is 62.6 Å². The van der Waals surface area contributed by atoms with Gasteiger partial charge in [-0.05, 0) is 19.4 Å². The molecule has 5 fully saturated rings. The number of rotatable bonds is 23. The molecule has 68 heavy (non-hydrogen) atoms. The molecule has 0 aromatic heterocycles. The predicted octanol–water partition coefficient (Wildman–Crippen LogP) is -10.3. The number of methoxy groups -OCH3 is 2. The lowest BCUT2D eigenvalue weighted by atomic mass is 9.95. The van der Waals surface area contributed by atoms with Crippen molar-refractivity contribution < 1.29 is 133 Å². The van der Waals surface area contributed by atoms with Crippen molar-refractivity contribution in [2.24, 2.45) is 5.73 Å². The van der Waals surface area contributed by atoms with Gasteiger partial charge in [-0.15, -0.1) is 0 Å². The van der Waals surface area contributed by atoms with Gasteiger partial charge in [0.2, 0.25) is 5.91 Å². The van der Waals surface area contributed by atoms with E-state index in [1.54, 1.807) is 0 Å². The number of nitrogens with one attached hydrogen (secondary N) is 1. The summed E-state index contributed by atoms with van der Waals surface area (Å²) in [6.45, 7) is -3.97. The number of amides is 1. The van der Waals surface area contributed by atoms with Gasteiger partial charge in [-0.25, -0.2) is 0 Å². The molecule has 1 amide bonds. The third-order valence-electron chi connectivity index (χ3n) is 12.4. The first-order valence-electron chi connectivity index (χ1n) is 22.2. The fourth-order valence-corrected chi connectivity index (χ4v) is 8.52. The van der Waals surface area contributed by atoms with E-state index in [0.717, 1.165) is 7.11 Å². The molecule has 0 spiro atoms. The van der Waals surface area contributed by atoms with Gasteiger partial charge in [0.05, 0.1) is 39.6 Å². The average Bonchev–Trinajstić information content (AvgIpc) is 3.33. The van der Waals surface area contributed by atoms with Crippen LogP contribution in [0, 0.1) is 0 Å². The van der Waals surface area contributed by atoms with Gasteiger partial charge < -0.3 is 139 Å². The highest BCUT2D eigenvalue weighted by Gasteiger charge is 2.57. The van der Waals surface area contributed by atoms with Crippen molar-refractivity contribution in [3.05, 3.63) is 0 Å². The van der Waals surface area contributed by atoms with Gasteiger partial charge in [-0.2, -0.15) is 0 Å². The zero-order valence-corrected chi connectivity index (χ0v) is 37.4. The number of carbonyl (C=O) groups is 1. The second kappa shape index (κ2) is 26.9. The molecule has 0 aromatic rings. The van der Waals surface area contributed by atoms with E-state index in [0.29, 0.717) is 19.4 Å². The highest BCUT2D eigenvalue weighted by molar-refractivity contribution is 5.75. The summed E-state index contributed by atoms with van der Waals surface area (Å²) in [5, 5.41) is 153. The standard InChI is InChI=1S/C39H70N2O27/c1-57-29-17(12-45)63-35(59-8-7-41-19(47)5-3-4-6-40)27(55)31(29)65-37-28(56)32(30(58-2)18(13-46)64-37)66-38-34(25(53)22(50)15(10-43)61-38)68-39-33(24(52)21(49)16(11-44)62-39)67-36-26(54)23(51)20(48)14(9-42)60-36/h14-18,20-39,42-46,48-56H,3-13,40H2,1-2H3,(H,41,47)/t14?,15?,16?,17?,18?,20-,21-,22-,23?,24?,25?,26?,27?,28?,29-,30-,31?,32?,33?,34?,35+,36-,37-,38-,39-/m1/s1. The summed E-state index contributed by atoms with van der Waals surface area (Å²) in [6.07, 6.45) is -42.8. The summed E-state index contributed by atoms with van der Waals surface area (Å²) in [6, 6.07) is 0. The first kappa shape index (κ1) is 57.3. The topological polar surface area (TPSA) is 449 Å². The summed E-state index contributed by atoms with van der Waals surface area (Å²) in [7, 11) is 2.38. The number of unbranched alkanes of at least 4 members (excludes halogenated alkanes) is 1. The number of hydrogen-bond acceptors (Lipinski definition) is 28. The molecule has 5 aliphatic rings. The van der Waals surface area contributed by atoms with Crippen LogP contribution < -0.4 is 11.1 Å². The maximum absolute atomic E-state index is 12.2. The number of aliphatic hydroxyl groups excluding tert-OH is 14. The molecule has 25 atom stereocenters. The van der Waals surface area contributed by atoms with Crippen LogP contribution >= 0.6 is 0 Å². The van der Waals surface area contributed by atoms with Crippen LogP contribution in [0.4, 0.5) is 0 Å².